The first kappa shape index (κ1) is 19.8. The van der Waals surface area contributed by atoms with Crippen LogP contribution in [0.15, 0.2) is 41.4 Å². The highest BCUT2D eigenvalue weighted by Gasteiger charge is 2.29. The molecule has 152 valence electrons. The topological polar surface area (TPSA) is 41.5 Å². The van der Waals surface area contributed by atoms with E-state index in [-0.39, 0.29) is 17.8 Å². The molecule has 4 rings (SSSR count). The third-order valence-electron chi connectivity index (χ3n) is 6.48. The van der Waals surface area contributed by atoms with Crippen molar-refractivity contribution in [3.63, 3.8) is 0 Å². The molecule has 3 nitrogen and oxygen atoms in total. The Morgan fingerprint density at radius 2 is 1.90 bits per heavy atom. The van der Waals surface area contributed by atoms with E-state index in [9.17, 15) is 9.18 Å². The molecule has 0 unspecified atom stereocenters. The number of benzene rings is 2. The summed E-state index contributed by atoms with van der Waals surface area (Å²) in [6, 6.07) is 11.4. The Hall–Kier alpha value is -2.49. The van der Waals surface area contributed by atoms with Crippen LogP contribution in [0.2, 0.25) is 0 Å². The summed E-state index contributed by atoms with van der Waals surface area (Å²) < 4.78 is 14.0. The standard InChI is InChI=1S/C25H29FN2O/c1-16-20(5-4-6-22(16)26)18-8-7-17-11-14-27-23(21(17)15-18)24(29)28-19-9-12-25(2,3)13-10-19/h4-8,15,19H,9-14H2,1-3H3,(H,28,29). The second kappa shape index (κ2) is 7.74. The number of halogens is 1. The zero-order chi connectivity index (χ0) is 20.6. The molecule has 0 radical (unpaired) electrons. The Morgan fingerprint density at radius 1 is 1.14 bits per heavy atom. The molecular weight excluding hydrogens is 363 g/mol. The van der Waals surface area contributed by atoms with Crippen molar-refractivity contribution < 1.29 is 9.18 Å². The fourth-order valence-corrected chi connectivity index (χ4v) is 4.47. The SMILES string of the molecule is Cc1c(F)cccc1-c1ccc2c(c1)C(C(=O)NC1CCC(C)(C)CC1)=NCC2. The summed E-state index contributed by atoms with van der Waals surface area (Å²) in [6.07, 6.45) is 5.11. The maximum atomic E-state index is 14.0. The van der Waals surface area contributed by atoms with Gasteiger partial charge in [-0.25, -0.2) is 4.39 Å². The second-order valence-electron chi connectivity index (χ2n) is 9.18. The third-order valence-corrected chi connectivity index (χ3v) is 6.48. The number of carbonyl (C=O) groups excluding carboxylic acids is 1. The third kappa shape index (κ3) is 4.12. The Balaban J connectivity index is 1.59. The van der Waals surface area contributed by atoms with E-state index in [0.717, 1.165) is 54.4 Å². The number of fused-ring (bicyclic) bond motifs is 1. The summed E-state index contributed by atoms with van der Waals surface area (Å²) in [5.74, 6) is -0.296. The van der Waals surface area contributed by atoms with Crippen molar-refractivity contribution in [2.24, 2.45) is 10.4 Å². The number of aliphatic imine (C=N–C) groups is 1. The molecule has 1 saturated carbocycles. The summed E-state index contributed by atoms with van der Waals surface area (Å²) in [6.45, 7) is 7.01. The Bertz CT molecular complexity index is 967. The lowest BCUT2D eigenvalue weighted by Crippen LogP contribution is -2.43. The van der Waals surface area contributed by atoms with Crippen molar-refractivity contribution in [1.29, 1.82) is 0 Å². The largest absolute Gasteiger partial charge is 0.348 e. The molecule has 2 aromatic carbocycles. The maximum Gasteiger partial charge on any atom is 0.270 e. The molecule has 2 aliphatic rings. The number of carbonyl (C=O) groups is 1. The second-order valence-corrected chi connectivity index (χ2v) is 9.18. The van der Waals surface area contributed by atoms with Gasteiger partial charge in [0, 0.05) is 18.2 Å². The van der Waals surface area contributed by atoms with Crippen LogP contribution >= 0.6 is 0 Å². The Kier molecular flexibility index (Phi) is 5.28. The van der Waals surface area contributed by atoms with Gasteiger partial charge in [0.2, 0.25) is 0 Å². The van der Waals surface area contributed by atoms with Crippen LogP contribution in [0.4, 0.5) is 4.39 Å². The molecule has 0 spiro atoms. The average molecular weight is 393 g/mol. The minimum absolute atomic E-state index is 0.0798. The molecule has 1 amide bonds. The maximum absolute atomic E-state index is 14.0. The quantitative estimate of drug-likeness (QED) is 0.763. The highest BCUT2D eigenvalue weighted by molar-refractivity contribution is 6.46. The van der Waals surface area contributed by atoms with Crippen molar-refractivity contribution in [2.45, 2.75) is 58.9 Å². The fraction of sp³-hybridized carbons (Fsp3) is 0.440. The van der Waals surface area contributed by atoms with Crippen LogP contribution < -0.4 is 5.32 Å². The van der Waals surface area contributed by atoms with Crippen LogP contribution in [0, 0.1) is 18.2 Å². The van der Waals surface area contributed by atoms with Gasteiger partial charge in [-0.05, 0) is 78.8 Å². The summed E-state index contributed by atoms with van der Waals surface area (Å²) in [4.78, 5) is 17.6. The highest BCUT2D eigenvalue weighted by atomic mass is 19.1. The van der Waals surface area contributed by atoms with Crippen LogP contribution in [0.3, 0.4) is 0 Å². The van der Waals surface area contributed by atoms with Gasteiger partial charge in [0.25, 0.3) is 5.91 Å². The van der Waals surface area contributed by atoms with Crippen molar-refractivity contribution in [3.8, 4) is 11.1 Å². The minimum atomic E-state index is -0.216. The summed E-state index contributed by atoms with van der Waals surface area (Å²) >= 11 is 0. The summed E-state index contributed by atoms with van der Waals surface area (Å²) in [5.41, 5.74) is 5.30. The number of rotatable bonds is 3. The molecule has 29 heavy (non-hydrogen) atoms. The summed E-state index contributed by atoms with van der Waals surface area (Å²) in [5, 5.41) is 3.22. The molecule has 2 aromatic rings. The van der Waals surface area contributed by atoms with E-state index < -0.39 is 0 Å². The van der Waals surface area contributed by atoms with Gasteiger partial charge in [0.05, 0.1) is 0 Å². The predicted octanol–water partition coefficient (Wildman–Crippen LogP) is 5.23. The molecule has 0 aromatic heterocycles. The van der Waals surface area contributed by atoms with Crippen LogP contribution in [-0.4, -0.2) is 24.2 Å². The fourth-order valence-electron chi connectivity index (χ4n) is 4.47. The molecule has 0 atom stereocenters. The van der Waals surface area contributed by atoms with Gasteiger partial charge in [-0.15, -0.1) is 0 Å². The van der Waals surface area contributed by atoms with Crippen LogP contribution in [0.5, 0.6) is 0 Å². The minimum Gasteiger partial charge on any atom is -0.348 e. The van der Waals surface area contributed by atoms with E-state index in [1.807, 2.05) is 18.2 Å². The van der Waals surface area contributed by atoms with Crippen LogP contribution in [0.25, 0.3) is 11.1 Å². The van der Waals surface area contributed by atoms with Crippen molar-refractivity contribution >= 4 is 11.6 Å². The van der Waals surface area contributed by atoms with Crippen molar-refractivity contribution in [1.82, 2.24) is 5.32 Å². The molecule has 1 fully saturated rings. The first-order valence-electron chi connectivity index (χ1n) is 10.6. The molecule has 0 saturated heterocycles. The van der Waals surface area contributed by atoms with E-state index in [2.05, 4.69) is 30.2 Å². The van der Waals surface area contributed by atoms with Gasteiger partial charge in [0.1, 0.15) is 11.5 Å². The molecular formula is C25H29FN2O. The van der Waals surface area contributed by atoms with Gasteiger partial charge in [-0.1, -0.05) is 38.1 Å². The lowest BCUT2D eigenvalue weighted by molar-refractivity contribution is -0.115. The normalized spacial score (nSPS) is 18.7. The average Bonchev–Trinajstić information content (AvgIpc) is 2.71. The number of hydrogen-bond donors (Lipinski definition) is 1. The van der Waals surface area contributed by atoms with Gasteiger partial charge >= 0.3 is 0 Å². The van der Waals surface area contributed by atoms with Gasteiger partial charge in [0.15, 0.2) is 0 Å². The molecule has 4 heteroatoms. The van der Waals surface area contributed by atoms with Crippen molar-refractivity contribution in [2.75, 3.05) is 6.54 Å². The van der Waals surface area contributed by atoms with Crippen LogP contribution in [-0.2, 0) is 11.2 Å². The number of amides is 1. The molecule has 1 aliphatic carbocycles. The Labute approximate surface area is 172 Å². The van der Waals surface area contributed by atoms with Crippen LogP contribution in [0.1, 0.15) is 56.2 Å². The van der Waals surface area contributed by atoms with E-state index in [1.165, 1.54) is 6.07 Å². The number of hydrogen-bond acceptors (Lipinski definition) is 2. The number of nitrogens with one attached hydrogen (secondary N) is 1. The lowest BCUT2D eigenvalue weighted by Gasteiger charge is -2.34. The monoisotopic (exact) mass is 392 g/mol. The summed E-state index contributed by atoms with van der Waals surface area (Å²) in [7, 11) is 0. The van der Waals surface area contributed by atoms with E-state index in [1.54, 1.807) is 13.0 Å². The zero-order valence-corrected chi connectivity index (χ0v) is 17.5. The predicted molar refractivity (Wildman–Crippen MR) is 116 cm³/mol. The first-order chi connectivity index (χ1) is 13.8. The smallest absolute Gasteiger partial charge is 0.270 e. The highest BCUT2D eigenvalue weighted by Crippen LogP contribution is 2.35. The van der Waals surface area contributed by atoms with Gasteiger partial charge < -0.3 is 5.32 Å². The Morgan fingerprint density at radius 3 is 2.66 bits per heavy atom. The van der Waals surface area contributed by atoms with Gasteiger partial charge in [-0.2, -0.15) is 0 Å². The van der Waals surface area contributed by atoms with E-state index in [0.29, 0.717) is 23.2 Å². The number of nitrogens with zero attached hydrogens (tertiary/aromatic N) is 1. The van der Waals surface area contributed by atoms with E-state index >= 15 is 0 Å². The lowest BCUT2D eigenvalue weighted by atomic mass is 9.75. The van der Waals surface area contributed by atoms with Gasteiger partial charge in [-0.3, -0.25) is 9.79 Å². The van der Waals surface area contributed by atoms with Crippen molar-refractivity contribution in [3.05, 3.63) is 58.9 Å². The molecule has 0 bridgehead atoms. The van der Waals surface area contributed by atoms with E-state index in [4.69, 9.17) is 0 Å². The molecule has 1 aliphatic heterocycles. The first-order valence-corrected chi connectivity index (χ1v) is 10.6. The zero-order valence-electron chi connectivity index (χ0n) is 17.5. The molecule has 1 N–H and O–H groups in total. The molecule has 1 heterocycles.